The number of aromatic nitrogens is 1. The third kappa shape index (κ3) is 5.06. The summed E-state index contributed by atoms with van der Waals surface area (Å²) in [7, 11) is 0. The van der Waals surface area contributed by atoms with Crippen LogP contribution in [-0.2, 0) is 6.18 Å². The molecule has 1 aliphatic heterocycles. The number of benzene rings is 1. The van der Waals surface area contributed by atoms with Crippen LogP contribution in [0.15, 0.2) is 36.5 Å². The van der Waals surface area contributed by atoms with Gasteiger partial charge in [-0.25, -0.2) is 4.98 Å². The van der Waals surface area contributed by atoms with Crippen molar-refractivity contribution in [2.45, 2.75) is 36.8 Å². The zero-order valence-electron chi connectivity index (χ0n) is 15.6. The maximum Gasteiger partial charge on any atom is 0.417 e. The van der Waals surface area contributed by atoms with Crippen molar-refractivity contribution in [3.05, 3.63) is 58.9 Å². The van der Waals surface area contributed by atoms with Crippen molar-refractivity contribution in [2.75, 3.05) is 6.61 Å². The molecule has 11 heteroatoms. The van der Waals surface area contributed by atoms with Crippen molar-refractivity contribution in [2.24, 2.45) is 0 Å². The minimum Gasteiger partial charge on any atom is -0.490 e. The van der Waals surface area contributed by atoms with E-state index in [2.05, 4.69) is 10.3 Å². The molecule has 3 atom stereocenters. The molecule has 0 aliphatic carbocycles. The number of hydrogen-bond donors (Lipinski definition) is 1. The molecule has 31 heavy (non-hydrogen) atoms. The normalized spacial score (nSPS) is 21.4. The first-order valence-corrected chi connectivity index (χ1v) is 8.96. The van der Waals surface area contributed by atoms with Gasteiger partial charge in [-0.15, -0.1) is 0 Å². The van der Waals surface area contributed by atoms with Crippen LogP contribution >= 0.6 is 0 Å². The highest BCUT2D eigenvalue weighted by Gasteiger charge is 2.51. The Labute approximate surface area is 172 Å². The highest BCUT2D eigenvalue weighted by Crippen LogP contribution is 2.42. The van der Waals surface area contributed by atoms with Crippen LogP contribution in [0.5, 0.6) is 5.75 Å². The standard InChI is InChI=1S/C20H14F6N4O/c21-19(22,23)17-5-11(1-2-12(17)7-27)16-6-14(30-18(16)20(24,25)26)10-31-15-4-3-13(8-28)29-9-15/h1-5,9,14,16,18,30H,6,10H2. The first kappa shape index (κ1) is 22.4. The van der Waals surface area contributed by atoms with E-state index in [4.69, 9.17) is 15.3 Å². The Morgan fingerprint density at radius 1 is 1.06 bits per heavy atom. The Balaban J connectivity index is 1.82. The molecule has 5 nitrogen and oxygen atoms in total. The molecule has 0 spiro atoms. The van der Waals surface area contributed by atoms with E-state index in [1.54, 1.807) is 0 Å². The first-order chi connectivity index (χ1) is 14.5. The minimum atomic E-state index is -4.87. The molecule has 1 aliphatic rings. The highest BCUT2D eigenvalue weighted by atomic mass is 19.4. The zero-order chi connectivity index (χ0) is 22.8. The molecule has 162 valence electrons. The molecule has 1 aromatic heterocycles. The fraction of sp³-hybridized carbons (Fsp3) is 0.350. The number of rotatable bonds is 4. The monoisotopic (exact) mass is 440 g/mol. The van der Waals surface area contributed by atoms with E-state index in [1.165, 1.54) is 24.4 Å². The van der Waals surface area contributed by atoms with E-state index in [9.17, 15) is 26.3 Å². The number of ether oxygens (including phenoxy) is 1. The van der Waals surface area contributed by atoms with Crippen LogP contribution in [0, 0.1) is 22.7 Å². The van der Waals surface area contributed by atoms with Gasteiger partial charge in [0.2, 0.25) is 0 Å². The van der Waals surface area contributed by atoms with Crippen LogP contribution in [0.3, 0.4) is 0 Å². The zero-order valence-corrected chi connectivity index (χ0v) is 15.6. The van der Waals surface area contributed by atoms with E-state index in [0.717, 1.165) is 12.1 Å². The quantitative estimate of drug-likeness (QED) is 0.717. The van der Waals surface area contributed by atoms with Crippen molar-refractivity contribution in [1.82, 2.24) is 10.3 Å². The number of hydrogen-bond acceptors (Lipinski definition) is 5. The topological polar surface area (TPSA) is 81.7 Å². The van der Waals surface area contributed by atoms with Gasteiger partial charge >= 0.3 is 12.4 Å². The lowest BCUT2D eigenvalue weighted by molar-refractivity contribution is -0.156. The summed E-state index contributed by atoms with van der Waals surface area (Å²) >= 11 is 0. The number of nitriles is 2. The molecule has 1 saturated heterocycles. The average Bonchev–Trinajstić information content (AvgIpc) is 3.16. The van der Waals surface area contributed by atoms with Gasteiger partial charge in [-0.1, -0.05) is 6.07 Å². The molecule has 0 amide bonds. The third-order valence-electron chi connectivity index (χ3n) is 4.91. The van der Waals surface area contributed by atoms with Crippen LogP contribution in [-0.4, -0.2) is 29.9 Å². The Kier molecular flexibility index (Phi) is 6.09. The van der Waals surface area contributed by atoms with Crippen LogP contribution in [0.4, 0.5) is 26.3 Å². The van der Waals surface area contributed by atoms with Crippen molar-refractivity contribution < 1.29 is 31.1 Å². The second-order valence-corrected chi connectivity index (χ2v) is 6.94. The van der Waals surface area contributed by atoms with E-state index < -0.39 is 41.5 Å². The van der Waals surface area contributed by atoms with E-state index in [-0.39, 0.29) is 30.0 Å². The lowest BCUT2D eigenvalue weighted by Crippen LogP contribution is -2.44. The van der Waals surface area contributed by atoms with Crippen molar-refractivity contribution in [3.8, 4) is 17.9 Å². The van der Waals surface area contributed by atoms with Gasteiger partial charge in [0.1, 0.15) is 30.2 Å². The number of alkyl halides is 6. The molecule has 0 saturated carbocycles. The lowest BCUT2D eigenvalue weighted by Gasteiger charge is -2.23. The predicted octanol–water partition coefficient (Wildman–Crippen LogP) is 4.30. The fourth-order valence-corrected chi connectivity index (χ4v) is 3.50. The molecule has 3 unspecified atom stereocenters. The summed E-state index contributed by atoms with van der Waals surface area (Å²) in [5, 5.41) is 20.0. The minimum absolute atomic E-state index is 0.128. The maximum absolute atomic E-state index is 13.6. The number of pyridine rings is 1. The van der Waals surface area contributed by atoms with Crippen LogP contribution in [0.2, 0.25) is 0 Å². The molecule has 3 rings (SSSR count). The Morgan fingerprint density at radius 2 is 1.81 bits per heavy atom. The average molecular weight is 440 g/mol. The Hall–Kier alpha value is -3.31. The summed E-state index contributed by atoms with van der Waals surface area (Å²) in [4.78, 5) is 3.79. The molecule has 1 N–H and O–H groups in total. The molecular formula is C20H14F6N4O. The summed E-state index contributed by atoms with van der Waals surface area (Å²) in [5.74, 6) is -1.05. The Morgan fingerprint density at radius 3 is 2.35 bits per heavy atom. The van der Waals surface area contributed by atoms with Gasteiger partial charge < -0.3 is 4.74 Å². The largest absolute Gasteiger partial charge is 0.490 e. The first-order valence-electron chi connectivity index (χ1n) is 8.96. The number of halogens is 6. The molecule has 2 aromatic rings. The number of nitrogens with zero attached hydrogens (tertiary/aromatic N) is 3. The molecule has 0 radical (unpaired) electrons. The van der Waals surface area contributed by atoms with Crippen LogP contribution in [0.1, 0.15) is 34.7 Å². The van der Waals surface area contributed by atoms with Gasteiger partial charge in [0.25, 0.3) is 0 Å². The predicted molar refractivity (Wildman–Crippen MR) is 94.7 cm³/mol. The SMILES string of the molecule is N#Cc1ccc(OCC2CC(c3ccc(C#N)c(C(F)(F)F)c3)C(C(F)(F)F)N2)cn1. The smallest absolute Gasteiger partial charge is 0.417 e. The summed E-state index contributed by atoms with van der Waals surface area (Å²) in [6, 6.07) is 5.80. The Bertz CT molecular complexity index is 1020. The van der Waals surface area contributed by atoms with Gasteiger partial charge in [-0.05, 0) is 36.2 Å². The highest BCUT2D eigenvalue weighted by molar-refractivity contribution is 5.43. The van der Waals surface area contributed by atoms with Crippen molar-refractivity contribution in [3.63, 3.8) is 0 Å². The van der Waals surface area contributed by atoms with E-state index >= 15 is 0 Å². The van der Waals surface area contributed by atoms with Crippen molar-refractivity contribution >= 4 is 0 Å². The molecular weight excluding hydrogens is 426 g/mol. The molecule has 0 bridgehead atoms. The van der Waals surface area contributed by atoms with Gasteiger partial charge in [0, 0.05) is 12.0 Å². The summed E-state index contributed by atoms with van der Waals surface area (Å²) < 4.78 is 85.9. The molecule has 1 aromatic carbocycles. The third-order valence-corrected chi connectivity index (χ3v) is 4.91. The van der Waals surface area contributed by atoms with Gasteiger partial charge in [-0.3, -0.25) is 5.32 Å². The van der Waals surface area contributed by atoms with E-state index in [0.29, 0.717) is 6.07 Å². The summed E-state index contributed by atoms with van der Waals surface area (Å²) in [6.45, 7) is -0.181. The van der Waals surface area contributed by atoms with Gasteiger partial charge in [0.05, 0.1) is 23.4 Å². The van der Waals surface area contributed by atoms with Crippen LogP contribution in [0.25, 0.3) is 0 Å². The van der Waals surface area contributed by atoms with Gasteiger partial charge in [0.15, 0.2) is 0 Å². The van der Waals surface area contributed by atoms with Crippen molar-refractivity contribution in [1.29, 1.82) is 10.5 Å². The summed E-state index contributed by atoms with van der Waals surface area (Å²) in [6.07, 6.45) is -8.45. The van der Waals surface area contributed by atoms with Crippen LogP contribution < -0.4 is 10.1 Å². The second kappa shape index (κ2) is 8.44. The number of nitrogens with one attached hydrogen (secondary N) is 1. The lowest BCUT2D eigenvalue weighted by atomic mass is 9.88. The maximum atomic E-state index is 13.6. The van der Waals surface area contributed by atoms with E-state index in [1.807, 2.05) is 6.07 Å². The molecule has 1 fully saturated rings. The van der Waals surface area contributed by atoms with Gasteiger partial charge in [-0.2, -0.15) is 36.9 Å². The summed E-state index contributed by atoms with van der Waals surface area (Å²) in [5.41, 5.74) is -1.94. The fourth-order valence-electron chi connectivity index (χ4n) is 3.50. The molecule has 2 heterocycles. The second-order valence-electron chi connectivity index (χ2n) is 6.94.